The summed E-state index contributed by atoms with van der Waals surface area (Å²) >= 11 is 3.56. The van der Waals surface area contributed by atoms with E-state index in [1.165, 1.54) is 0 Å². The van der Waals surface area contributed by atoms with Crippen molar-refractivity contribution in [3.05, 3.63) is 28.3 Å². The Morgan fingerprint density at radius 2 is 2.08 bits per heavy atom. The lowest BCUT2D eigenvalue weighted by atomic mass is 10.1. The van der Waals surface area contributed by atoms with Crippen molar-refractivity contribution >= 4 is 28.6 Å². The Morgan fingerprint density at radius 1 is 1.46 bits per heavy atom. The maximum Gasteiger partial charge on any atom is 0.0470 e. The van der Waals surface area contributed by atoms with Crippen molar-refractivity contribution in [1.29, 1.82) is 0 Å². The number of hydrogen-bond donors (Lipinski definition) is 1. The number of hydrogen-bond acceptors (Lipinski definition) is 2. The normalized spacial score (nSPS) is 12.6. The van der Waals surface area contributed by atoms with E-state index in [0.717, 1.165) is 11.1 Å². The molecule has 1 N–H and O–H groups in total. The molecule has 1 atom stereocenters. The van der Waals surface area contributed by atoms with Crippen LogP contribution in [0.25, 0.3) is 0 Å². The predicted octanol–water partition coefficient (Wildman–Crippen LogP) is 2.16. The Morgan fingerprint density at radius 3 is 2.54 bits per heavy atom. The Kier molecular flexibility index (Phi) is 3.30. The number of anilines is 1. The van der Waals surface area contributed by atoms with Gasteiger partial charge in [0, 0.05) is 22.0 Å². The zero-order valence-electron chi connectivity index (χ0n) is 7.26. The Balaban J connectivity index is 3.06. The lowest BCUT2D eigenvalue weighted by Gasteiger charge is -2.11. The number of nitrogens with one attached hydrogen (secondary N) is 1. The zero-order valence-corrected chi connectivity index (χ0v) is 8.83. The van der Waals surface area contributed by atoms with Crippen LogP contribution in [0.1, 0.15) is 11.1 Å². The fraction of sp³-hybridized carbons (Fsp3) is 0.250. The van der Waals surface area contributed by atoms with E-state index in [0.29, 0.717) is 10.7 Å². The second-order valence-electron chi connectivity index (χ2n) is 2.74. The van der Waals surface area contributed by atoms with Crippen LogP contribution >= 0.6 is 11.6 Å². The van der Waals surface area contributed by atoms with Crippen LogP contribution in [0.4, 0.5) is 5.69 Å². The molecule has 0 aliphatic heterocycles. The molecule has 0 amide bonds. The van der Waals surface area contributed by atoms with Gasteiger partial charge in [-0.25, -0.2) is 0 Å². The van der Waals surface area contributed by atoms with Gasteiger partial charge in [-0.05, 0) is 37.1 Å². The fourth-order valence-electron chi connectivity index (χ4n) is 0.971. The van der Waals surface area contributed by atoms with Crippen LogP contribution in [0.2, 0.25) is 5.02 Å². The molecule has 1 unspecified atom stereocenters. The van der Waals surface area contributed by atoms with Gasteiger partial charge in [-0.3, -0.25) is 4.21 Å². The van der Waals surface area contributed by atoms with Crippen molar-refractivity contribution in [3.8, 4) is 0 Å². The minimum absolute atomic E-state index is 0.487. The van der Waals surface area contributed by atoms with E-state index >= 15 is 0 Å². The quantitative estimate of drug-likeness (QED) is 0.774. The summed E-state index contributed by atoms with van der Waals surface area (Å²) in [6.45, 7) is 3.76. The number of halogens is 1. The SMILES string of the molecule is Cc1cc(NS(=O)[O-])cc(Cl)c1C. The van der Waals surface area contributed by atoms with Crippen LogP contribution in [0.5, 0.6) is 0 Å². The zero-order chi connectivity index (χ0) is 10.0. The highest BCUT2D eigenvalue weighted by molar-refractivity contribution is 7.80. The van der Waals surface area contributed by atoms with Crippen LogP contribution in [0.15, 0.2) is 12.1 Å². The highest BCUT2D eigenvalue weighted by Gasteiger charge is 2.01. The van der Waals surface area contributed by atoms with Gasteiger partial charge in [-0.15, -0.1) is 0 Å². The molecule has 0 aliphatic carbocycles. The molecule has 0 saturated carbocycles. The molecule has 1 rings (SSSR count). The molecular weight excluding hydrogens is 210 g/mol. The van der Waals surface area contributed by atoms with Gasteiger partial charge in [-0.1, -0.05) is 11.6 Å². The minimum Gasteiger partial charge on any atom is -0.755 e. The van der Waals surface area contributed by atoms with Gasteiger partial charge in [0.2, 0.25) is 0 Å². The first kappa shape index (κ1) is 10.5. The van der Waals surface area contributed by atoms with E-state index in [1.54, 1.807) is 12.1 Å². The van der Waals surface area contributed by atoms with E-state index in [1.807, 2.05) is 13.8 Å². The lowest BCUT2D eigenvalue weighted by molar-refractivity contribution is 0.542. The van der Waals surface area contributed by atoms with E-state index in [2.05, 4.69) is 4.72 Å². The molecular formula is C8H9ClNO2S-. The molecule has 0 bridgehead atoms. The molecule has 0 aliphatic rings. The average Bonchev–Trinajstić information content (AvgIpc) is 1.98. The van der Waals surface area contributed by atoms with Crippen molar-refractivity contribution < 1.29 is 8.76 Å². The van der Waals surface area contributed by atoms with Crippen LogP contribution < -0.4 is 4.72 Å². The highest BCUT2D eigenvalue weighted by atomic mass is 35.5. The molecule has 0 heterocycles. The smallest absolute Gasteiger partial charge is 0.0470 e. The monoisotopic (exact) mass is 218 g/mol. The summed E-state index contributed by atoms with van der Waals surface area (Å²) in [4.78, 5) is 0. The van der Waals surface area contributed by atoms with Gasteiger partial charge in [0.25, 0.3) is 0 Å². The first-order valence-electron chi connectivity index (χ1n) is 3.63. The molecule has 0 saturated heterocycles. The third kappa shape index (κ3) is 2.69. The minimum atomic E-state index is -2.30. The van der Waals surface area contributed by atoms with Crippen molar-refractivity contribution in [1.82, 2.24) is 0 Å². The van der Waals surface area contributed by atoms with Crippen molar-refractivity contribution in [2.45, 2.75) is 13.8 Å². The van der Waals surface area contributed by atoms with Crippen LogP contribution in [0.3, 0.4) is 0 Å². The molecule has 3 nitrogen and oxygen atoms in total. The fourth-order valence-corrected chi connectivity index (χ4v) is 1.55. The maximum atomic E-state index is 10.3. The van der Waals surface area contributed by atoms with Crippen molar-refractivity contribution in [3.63, 3.8) is 0 Å². The van der Waals surface area contributed by atoms with E-state index in [9.17, 15) is 8.76 Å². The summed E-state index contributed by atoms with van der Waals surface area (Å²) in [5.74, 6) is 0. The predicted molar refractivity (Wildman–Crippen MR) is 53.5 cm³/mol. The molecule has 0 aromatic heterocycles. The Hall–Kier alpha value is -0.580. The summed E-state index contributed by atoms with van der Waals surface area (Å²) in [6.07, 6.45) is 0. The molecule has 1 aromatic rings. The van der Waals surface area contributed by atoms with Crippen LogP contribution in [-0.2, 0) is 11.3 Å². The van der Waals surface area contributed by atoms with Gasteiger partial charge >= 0.3 is 0 Å². The maximum absolute atomic E-state index is 10.3. The summed E-state index contributed by atoms with van der Waals surface area (Å²) in [5, 5.41) is 0.563. The van der Waals surface area contributed by atoms with Gasteiger partial charge < -0.3 is 9.27 Å². The second kappa shape index (κ2) is 4.09. The van der Waals surface area contributed by atoms with Gasteiger partial charge in [-0.2, -0.15) is 0 Å². The Labute approximate surface area is 84.5 Å². The highest BCUT2D eigenvalue weighted by Crippen LogP contribution is 2.23. The summed E-state index contributed by atoms with van der Waals surface area (Å²) in [7, 11) is 0. The largest absolute Gasteiger partial charge is 0.755 e. The molecule has 0 spiro atoms. The average molecular weight is 219 g/mol. The standard InChI is InChI=1S/C8H10ClNO2S/c1-5-3-7(10-13(11)12)4-8(9)6(5)2/h3-4,10H,1-2H3,(H,11,12)/p-1. The summed E-state index contributed by atoms with van der Waals surface area (Å²) in [6, 6.07) is 3.32. The molecule has 13 heavy (non-hydrogen) atoms. The number of aryl methyl sites for hydroxylation is 1. The molecule has 0 fully saturated rings. The van der Waals surface area contributed by atoms with Crippen LogP contribution in [0, 0.1) is 13.8 Å². The summed E-state index contributed by atoms with van der Waals surface area (Å²) in [5.41, 5.74) is 2.41. The van der Waals surface area contributed by atoms with Gasteiger partial charge in [0.05, 0.1) is 0 Å². The van der Waals surface area contributed by atoms with Crippen molar-refractivity contribution in [2.24, 2.45) is 0 Å². The third-order valence-corrected chi connectivity index (χ3v) is 2.60. The lowest BCUT2D eigenvalue weighted by Crippen LogP contribution is -2.02. The van der Waals surface area contributed by atoms with Crippen LogP contribution in [-0.4, -0.2) is 8.76 Å². The molecule has 5 heteroatoms. The topological polar surface area (TPSA) is 52.2 Å². The molecule has 1 aromatic carbocycles. The molecule has 72 valence electrons. The Bertz CT molecular complexity index is 331. The first-order valence-corrected chi connectivity index (χ1v) is 5.08. The third-order valence-electron chi connectivity index (χ3n) is 1.81. The first-order chi connectivity index (χ1) is 6.00. The van der Waals surface area contributed by atoms with Gasteiger partial charge in [0.1, 0.15) is 0 Å². The van der Waals surface area contributed by atoms with E-state index in [-0.39, 0.29) is 0 Å². The second-order valence-corrected chi connectivity index (χ2v) is 3.82. The van der Waals surface area contributed by atoms with Crippen molar-refractivity contribution in [2.75, 3.05) is 4.72 Å². The molecule has 0 radical (unpaired) electrons. The number of rotatable bonds is 2. The van der Waals surface area contributed by atoms with E-state index < -0.39 is 11.3 Å². The van der Waals surface area contributed by atoms with Gasteiger partial charge in [0.15, 0.2) is 0 Å². The van der Waals surface area contributed by atoms with E-state index in [4.69, 9.17) is 11.6 Å². The number of benzene rings is 1. The summed E-state index contributed by atoms with van der Waals surface area (Å²) < 4.78 is 22.9.